The van der Waals surface area contributed by atoms with E-state index in [1.807, 2.05) is 35.2 Å². The molecule has 1 N–H and O–H groups in total. The summed E-state index contributed by atoms with van der Waals surface area (Å²) < 4.78 is 0. The molecule has 0 aliphatic carbocycles. The number of carboxylic acid groups (broad SMARTS) is 1. The van der Waals surface area contributed by atoms with Gasteiger partial charge in [-0.25, -0.2) is 0 Å². The van der Waals surface area contributed by atoms with Crippen LogP contribution in [-0.4, -0.2) is 34.8 Å². The van der Waals surface area contributed by atoms with Gasteiger partial charge in [-0.15, -0.1) is 0 Å². The molecule has 1 saturated heterocycles. The molecule has 1 aliphatic heterocycles. The number of carbonyl (C=O) groups excluding carboxylic acids is 1. The van der Waals surface area contributed by atoms with Crippen LogP contribution in [0.15, 0.2) is 30.3 Å². The molecule has 18 heavy (non-hydrogen) atoms. The van der Waals surface area contributed by atoms with Gasteiger partial charge in [0.05, 0.1) is 0 Å². The Labute approximate surface area is 106 Å². The normalized spacial score (nSPS) is 25.1. The summed E-state index contributed by atoms with van der Waals surface area (Å²) in [6.07, 6.45) is 0. The minimum Gasteiger partial charge on any atom is -0.481 e. The number of aliphatic carboxylic acids is 1. The summed E-state index contributed by atoms with van der Waals surface area (Å²) >= 11 is 0. The SMILES string of the molecule is CC1CN(Cc2ccccc2)CC(C(=O)O)C1=O. The summed E-state index contributed by atoms with van der Waals surface area (Å²) in [7, 11) is 0. The van der Waals surface area contributed by atoms with Gasteiger partial charge in [-0.3, -0.25) is 14.5 Å². The molecule has 0 saturated carbocycles. The Hall–Kier alpha value is -1.68. The van der Waals surface area contributed by atoms with Gasteiger partial charge in [0.2, 0.25) is 0 Å². The van der Waals surface area contributed by atoms with E-state index < -0.39 is 11.9 Å². The van der Waals surface area contributed by atoms with E-state index in [0.29, 0.717) is 19.6 Å². The maximum absolute atomic E-state index is 11.8. The standard InChI is InChI=1S/C14H17NO3/c1-10-7-15(8-11-5-3-2-4-6-11)9-12(13(10)16)14(17)18/h2-6,10,12H,7-9H2,1H3,(H,17,18). The van der Waals surface area contributed by atoms with Gasteiger partial charge in [-0.05, 0) is 5.56 Å². The molecule has 4 nitrogen and oxygen atoms in total. The summed E-state index contributed by atoms with van der Waals surface area (Å²) in [5, 5.41) is 9.06. The van der Waals surface area contributed by atoms with Crippen molar-refractivity contribution in [1.29, 1.82) is 0 Å². The molecule has 0 aromatic heterocycles. The molecule has 0 radical (unpaired) electrons. The number of piperidine rings is 1. The third kappa shape index (κ3) is 2.76. The van der Waals surface area contributed by atoms with Crippen LogP contribution in [0.5, 0.6) is 0 Å². The number of hydrogen-bond acceptors (Lipinski definition) is 3. The van der Waals surface area contributed by atoms with E-state index in [1.54, 1.807) is 6.92 Å². The fourth-order valence-corrected chi connectivity index (χ4v) is 2.41. The van der Waals surface area contributed by atoms with Gasteiger partial charge in [-0.1, -0.05) is 37.3 Å². The van der Waals surface area contributed by atoms with E-state index in [1.165, 1.54) is 0 Å². The first-order chi connectivity index (χ1) is 8.58. The Bertz CT molecular complexity index is 444. The molecular formula is C14H17NO3. The first-order valence-electron chi connectivity index (χ1n) is 6.10. The molecular weight excluding hydrogens is 230 g/mol. The van der Waals surface area contributed by atoms with Crippen molar-refractivity contribution in [3.63, 3.8) is 0 Å². The quantitative estimate of drug-likeness (QED) is 0.820. The molecule has 1 aliphatic rings. The zero-order chi connectivity index (χ0) is 13.1. The summed E-state index contributed by atoms with van der Waals surface area (Å²) in [4.78, 5) is 24.9. The topological polar surface area (TPSA) is 57.6 Å². The zero-order valence-electron chi connectivity index (χ0n) is 10.4. The second kappa shape index (κ2) is 5.31. The van der Waals surface area contributed by atoms with Crippen molar-refractivity contribution in [1.82, 2.24) is 4.90 Å². The lowest BCUT2D eigenvalue weighted by Crippen LogP contribution is -2.48. The molecule has 0 amide bonds. The number of Topliss-reactive ketones (excluding diaryl/α,β-unsaturated/α-hetero) is 1. The van der Waals surface area contributed by atoms with E-state index >= 15 is 0 Å². The molecule has 2 unspecified atom stereocenters. The Morgan fingerprint density at radius 3 is 2.61 bits per heavy atom. The predicted molar refractivity (Wildman–Crippen MR) is 67.0 cm³/mol. The Morgan fingerprint density at radius 1 is 1.33 bits per heavy atom. The van der Waals surface area contributed by atoms with E-state index in [4.69, 9.17) is 5.11 Å². The molecule has 2 atom stereocenters. The van der Waals surface area contributed by atoms with Crippen molar-refractivity contribution in [2.45, 2.75) is 13.5 Å². The monoisotopic (exact) mass is 247 g/mol. The fraction of sp³-hybridized carbons (Fsp3) is 0.429. The van der Waals surface area contributed by atoms with Crippen LogP contribution in [0.1, 0.15) is 12.5 Å². The summed E-state index contributed by atoms with van der Waals surface area (Å²) in [6, 6.07) is 9.89. The third-order valence-electron chi connectivity index (χ3n) is 3.35. The second-order valence-electron chi connectivity index (χ2n) is 4.87. The van der Waals surface area contributed by atoms with Crippen LogP contribution >= 0.6 is 0 Å². The Balaban J connectivity index is 2.06. The molecule has 0 bridgehead atoms. The maximum atomic E-state index is 11.8. The van der Waals surface area contributed by atoms with Crippen LogP contribution in [-0.2, 0) is 16.1 Å². The average Bonchev–Trinajstić information content (AvgIpc) is 2.34. The van der Waals surface area contributed by atoms with Gasteiger partial charge >= 0.3 is 5.97 Å². The highest BCUT2D eigenvalue weighted by Gasteiger charge is 2.36. The van der Waals surface area contributed by atoms with Gasteiger partial charge in [0.25, 0.3) is 0 Å². The lowest BCUT2D eigenvalue weighted by Gasteiger charge is -2.33. The fourth-order valence-electron chi connectivity index (χ4n) is 2.41. The second-order valence-corrected chi connectivity index (χ2v) is 4.87. The van der Waals surface area contributed by atoms with E-state index in [9.17, 15) is 9.59 Å². The van der Waals surface area contributed by atoms with Gasteiger partial charge < -0.3 is 5.11 Å². The minimum absolute atomic E-state index is 0.146. The number of ketones is 1. The first-order valence-corrected chi connectivity index (χ1v) is 6.10. The molecule has 1 aromatic carbocycles. The first kappa shape index (κ1) is 12.8. The average molecular weight is 247 g/mol. The van der Waals surface area contributed by atoms with Crippen LogP contribution < -0.4 is 0 Å². The third-order valence-corrected chi connectivity index (χ3v) is 3.35. The van der Waals surface area contributed by atoms with Crippen LogP contribution in [0.3, 0.4) is 0 Å². The molecule has 96 valence electrons. The lowest BCUT2D eigenvalue weighted by molar-refractivity contribution is -0.151. The van der Waals surface area contributed by atoms with Crippen LogP contribution in [0.2, 0.25) is 0 Å². The molecule has 1 aromatic rings. The van der Waals surface area contributed by atoms with Crippen molar-refractivity contribution in [2.24, 2.45) is 11.8 Å². The van der Waals surface area contributed by atoms with Crippen molar-refractivity contribution < 1.29 is 14.7 Å². The smallest absolute Gasteiger partial charge is 0.315 e. The van der Waals surface area contributed by atoms with Crippen molar-refractivity contribution in [3.05, 3.63) is 35.9 Å². The number of carboxylic acids is 1. The van der Waals surface area contributed by atoms with Crippen LogP contribution in [0.25, 0.3) is 0 Å². The summed E-state index contributed by atoms with van der Waals surface area (Å²) in [5.74, 6) is -2.24. The Kier molecular flexibility index (Phi) is 3.77. The summed E-state index contributed by atoms with van der Waals surface area (Å²) in [5.41, 5.74) is 1.14. The zero-order valence-corrected chi connectivity index (χ0v) is 10.4. The van der Waals surface area contributed by atoms with Crippen LogP contribution in [0.4, 0.5) is 0 Å². The Morgan fingerprint density at radius 2 is 2.00 bits per heavy atom. The highest BCUT2D eigenvalue weighted by Crippen LogP contribution is 2.20. The number of hydrogen-bond donors (Lipinski definition) is 1. The van der Waals surface area contributed by atoms with E-state index in [0.717, 1.165) is 5.56 Å². The number of likely N-dealkylation sites (tertiary alicyclic amines) is 1. The van der Waals surface area contributed by atoms with Gasteiger partial charge in [0.1, 0.15) is 5.92 Å². The number of carbonyl (C=O) groups is 2. The highest BCUT2D eigenvalue weighted by atomic mass is 16.4. The lowest BCUT2D eigenvalue weighted by atomic mass is 9.88. The molecule has 2 rings (SSSR count). The van der Waals surface area contributed by atoms with Crippen molar-refractivity contribution in [3.8, 4) is 0 Å². The summed E-state index contributed by atoms with van der Waals surface area (Å²) in [6.45, 7) is 3.45. The number of benzene rings is 1. The van der Waals surface area contributed by atoms with Crippen LogP contribution in [0, 0.1) is 11.8 Å². The largest absolute Gasteiger partial charge is 0.481 e. The van der Waals surface area contributed by atoms with Crippen molar-refractivity contribution >= 4 is 11.8 Å². The van der Waals surface area contributed by atoms with E-state index in [-0.39, 0.29) is 11.7 Å². The number of rotatable bonds is 3. The molecule has 1 fully saturated rings. The van der Waals surface area contributed by atoms with E-state index in [2.05, 4.69) is 0 Å². The maximum Gasteiger partial charge on any atom is 0.315 e. The highest BCUT2D eigenvalue weighted by molar-refractivity contribution is 6.00. The molecule has 4 heteroatoms. The van der Waals surface area contributed by atoms with Gasteiger partial charge in [0, 0.05) is 25.6 Å². The molecule has 0 spiro atoms. The van der Waals surface area contributed by atoms with Gasteiger partial charge in [-0.2, -0.15) is 0 Å². The van der Waals surface area contributed by atoms with Crippen molar-refractivity contribution in [2.75, 3.05) is 13.1 Å². The van der Waals surface area contributed by atoms with Gasteiger partial charge in [0.15, 0.2) is 5.78 Å². The molecule has 1 heterocycles. The number of nitrogens with zero attached hydrogens (tertiary/aromatic N) is 1. The minimum atomic E-state index is -1.01. The predicted octanol–water partition coefficient (Wildman–Crippen LogP) is 1.41.